The number of carbonyl (C=O) groups is 2. The van der Waals surface area contributed by atoms with Crippen molar-refractivity contribution in [3.8, 4) is 0 Å². The Balaban J connectivity index is 2.33. The highest BCUT2D eigenvalue weighted by atomic mass is 16.6. The second kappa shape index (κ2) is 8.22. The van der Waals surface area contributed by atoms with Gasteiger partial charge in [-0.05, 0) is 25.5 Å². The first-order chi connectivity index (χ1) is 11.2. The largest absolute Gasteiger partial charge is 0.450 e. The average molecular weight is 318 g/mol. The summed E-state index contributed by atoms with van der Waals surface area (Å²) in [7, 11) is 0. The summed E-state index contributed by atoms with van der Waals surface area (Å²) in [6.07, 6.45) is 2.95. The monoisotopic (exact) mass is 318 g/mol. The maximum atomic E-state index is 12.2. The fourth-order valence-corrected chi connectivity index (χ4v) is 2.39. The van der Waals surface area contributed by atoms with Crippen LogP contribution in [0.2, 0.25) is 0 Å². The summed E-state index contributed by atoms with van der Waals surface area (Å²) in [5.74, 6) is 0. The third-order valence-electron chi connectivity index (χ3n) is 3.44. The topological polar surface area (TPSA) is 59.1 Å². The molecular weight excluding hydrogens is 296 g/mol. The number of fused-ring (bicyclic) bond motifs is 1. The second-order valence-corrected chi connectivity index (χ2v) is 4.99. The Labute approximate surface area is 136 Å². The van der Waals surface area contributed by atoms with Crippen molar-refractivity contribution in [2.75, 3.05) is 31.2 Å². The maximum absolute atomic E-state index is 12.2. The lowest BCUT2D eigenvalue weighted by Crippen LogP contribution is -2.33. The fraction of sp³-hybridized carbons (Fsp3) is 0.412. The van der Waals surface area contributed by atoms with Gasteiger partial charge in [-0.15, -0.1) is 0 Å². The third kappa shape index (κ3) is 4.25. The minimum atomic E-state index is -0.394. The zero-order valence-corrected chi connectivity index (χ0v) is 13.5. The van der Waals surface area contributed by atoms with Crippen molar-refractivity contribution in [3.63, 3.8) is 0 Å². The van der Waals surface area contributed by atoms with Crippen LogP contribution in [-0.4, -0.2) is 43.4 Å². The lowest BCUT2D eigenvalue weighted by molar-refractivity contribution is 0.109. The minimum Gasteiger partial charge on any atom is -0.450 e. The smallest absolute Gasteiger partial charge is 0.414 e. The molecule has 6 nitrogen and oxygen atoms in total. The summed E-state index contributed by atoms with van der Waals surface area (Å²) < 4.78 is 10.2. The first-order valence-corrected chi connectivity index (χ1v) is 7.76. The molecular formula is C17H22N2O4. The third-order valence-corrected chi connectivity index (χ3v) is 3.44. The van der Waals surface area contributed by atoms with Crippen LogP contribution in [0.15, 0.2) is 36.4 Å². The molecule has 0 saturated heterocycles. The van der Waals surface area contributed by atoms with E-state index in [9.17, 15) is 9.59 Å². The summed E-state index contributed by atoms with van der Waals surface area (Å²) in [6.45, 7) is 5.40. The van der Waals surface area contributed by atoms with Gasteiger partial charge in [0.15, 0.2) is 0 Å². The van der Waals surface area contributed by atoms with E-state index in [0.717, 1.165) is 11.3 Å². The van der Waals surface area contributed by atoms with Gasteiger partial charge in [-0.1, -0.05) is 30.4 Å². The Morgan fingerprint density at radius 1 is 1.00 bits per heavy atom. The van der Waals surface area contributed by atoms with Crippen molar-refractivity contribution in [1.29, 1.82) is 0 Å². The number of benzene rings is 1. The van der Waals surface area contributed by atoms with Gasteiger partial charge in [-0.3, -0.25) is 4.90 Å². The molecule has 0 atom stereocenters. The van der Waals surface area contributed by atoms with Crippen LogP contribution in [0.4, 0.5) is 15.3 Å². The second-order valence-electron chi connectivity index (χ2n) is 4.99. The molecule has 124 valence electrons. The van der Waals surface area contributed by atoms with Gasteiger partial charge >= 0.3 is 12.2 Å². The SMILES string of the molecule is CCOC(=O)N1C/C=C\CN(C(=O)OCC)c2ccccc2C1. The molecule has 1 aliphatic heterocycles. The average Bonchev–Trinajstić information content (AvgIpc) is 2.63. The van der Waals surface area contributed by atoms with E-state index in [0.29, 0.717) is 32.8 Å². The first-order valence-electron chi connectivity index (χ1n) is 7.76. The van der Waals surface area contributed by atoms with E-state index in [1.807, 2.05) is 36.4 Å². The van der Waals surface area contributed by atoms with Crippen molar-refractivity contribution < 1.29 is 19.1 Å². The quantitative estimate of drug-likeness (QED) is 0.786. The standard InChI is InChI=1S/C17H22N2O4/c1-3-22-16(20)18-11-7-8-12-19(17(21)23-4-2)15-10-6-5-9-14(15)13-18/h5-10H,3-4,11-13H2,1-2H3/b8-7-. The molecule has 23 heavy (non-hydrogen) atoms. The summed E-state index contributed by atoms with van der Waals surface area (Å²) in [5, 5.41) is 0. The van der Waals surface area contributed by atoms with Gasteiger partial charge < -0.3 is 14.4 Å². The number of amides is 2. The number of para-hydroxylation sites is 1. The lowest BCUT2D eigenvalue weighted by Gasteiger charge is -2.25. The highest BCUT2D eigenvalue weighted by molar-refractivity contribution is 5.89. The molecule has 0 radical (unpaired) electrons. The summed E-state index contributed by atoms with van der Waals surface area (Å²) in [6, 6.07) is 7.51. The summed E-state index contributed by atoms with van der Waals surface area (Å²) >= 11 is 0. The van der Waals surface area contributed by atoms with Gasteiger partial charge in [0.2, 0.25) is 0 Å². The Bertz CT molecular complexity index is 586. The highest BCUT2D eigenvalue weighted by Gasteiger charge is 2.22. The molecule has 1 heterocycles. The Morgan fingerprint density at radius 3 is 2.39 bits per heavy atom. The molecule has 6 heteroatoms. The Kier molecular flexibility index (Phi) is 6.02. The van der Waals surface area contributed by atoms with Crippen LogP contribution in [0.3, 0.4) is 0 Å². The molecule has 1 aliphatic rings. The normalized spacial score (nSPS) is 15.7. The molecule has 0 saturated carbocycles. The van der Waals surface area contributed by atoms with Crippen molar-refractivity contribution in [2.24, 2.45) is 0 Å². The van der Waals surface area contributed by atoms with Crippen LogP contribution in [-0.2, 0) is 16.0 Å². The van der Waals surface area contributed by atoms with Crippen molar-refractivity contribution >= 4 is 17.9 Å². The van der Waals surface area contributed by atoms with Gasteiger partial charge in [0.05, 0.1) is 25.4 Å². The number of anilines is 1. The van der Waals surface area contributed by atoms with Crippen molar-refractivity contribution in [1.82, 2.24) is 4.90 Å². The first kappa shape index (κ1) is 16.9. The molecule has 0 unspecified atom stereocenters. The number of hydrogen-bond acceptors (Lipinski definition) is 4. The number of carbonyl (C=O) groups excluding carboxylic acids is 2. The van der Waals surface area contributed by atoms with E-state index in [-0.39, 0.29) is 6.09 Å². The zero-order valence-electron chi connectivity index (χ0n) is 13.5. The van der Waals surface area contributed by atoms with Gasteiger partial charge in [0.25, 0.3) is 0 Å². The molecule has 0 aliphatic carbocycles. The van der Waals surface area contributed by atoms with Crippen LogP contribution in [0, 0.1) is 0 Å². The highest BCUT2D eigenvalue weighted by Crippen LogP contribution is 2.24. The molecule has 0 bridgehead atoms. The molecule has 1 aromatic carbocycles. The fourth-order valence-electron chi connectivity index (χ4n) is 2.39. The Hall–Kier alpha value is -2.50. The number of rotatable bonds is 2. The molecule has 1 aromatic rings. The molecule has 2 rings (SSSR count). The molecule has 0 aromatic heterocycles. The van der Waals surface area contributed by atoms with Crippen LogP contribution in [0.1, 0.15) is 19.4 Å². The van der Waals surface area contributed by atoms with Crippen molar-refractivity contribution in [2.45, 2.75) is 20.4 Å². The number of nitrogens with zero attached hydrogens (tertiary/aromatic N) is 2. The van der Waals surface area contributed by atoms with E-state index >= 15 is 0 Å². The van der Waals surface area contributed by atoms with Crippen LogP contribution < -0.4 is 4.90 Å². The predicted molar refractivity (Wildman–Crippen MR) is 87.4 cm³/mol. The molecule has 0 N–H and O–H groups in total. The lowest BCUT2D eigenvalue weighted by atomic mass is 10.1. The van der Waals surface area contributed by atoms with E-state index in [2.05, 4.69) is 0 Å². The van der Waals surface area contributed by atoms with E-state index < -0.39 is 6.09 Å². The predicted octanol–water partition coefficient (Wildman–Crippen LogP) is 3.18. The van der Waals surface area contributed by atoms with Crippen LogP contribution in [0.25, 0.3) is 0 Å². The van der Waals surface area contributed by atoms with E-state index in [1.54, 1.807) is 23.6 Å². The summed E-state index contributed by atoms with van der Waals surface area (Å²) in [4.78, 5) is 27.5. The van der Waals surface area contributed by atoms with Gasteiger partial charge in [0.1, 0.15) is 0 Å². The Morgan fingerprint density at radius 2 is 1.65 bits per heavy atom. The van der Waals surface area contributed by atoms with Gasteiger partial charge in [-0.2, -0.15) is 0 Å². The van der Waals surface area contributed by atoms with E-state index in [4.69, 9.17) is 9.47 Å². The molecule has 2 amide bonds. The maximum Gasteiger partial charge on any atom is 0.414 e. The summed E-state index contributed by atoms with van der Waals surface area (Å²) in [5.41, 5.74) is 1.61. The zero-order chi connectivity index (χ0) is 16.7. The van der Waals surface area contributed by atoms with Gasteiger partial charge in [0, 0.05) is 13.1 Å². The minimum absolute atomic E-state index is 0.316. The molecule has 0 spiro atoms. The van der Waals surface area contributed by atoms with Crippen LogP contribution in [0.5, 0.6) is 0 Å². The number of hydrogen-bond donors (Lipinski definition) is 0. The van der Waals surface area contributed by atoms with Gasteiger partial charge in [-0.25, -0.2) is 9.59 Å². The molecule has 0 fully saturated rings. The van der Waals surface area contributed by atoms with Crippen molar-refractivity contribution in [3.05, 3.63) is 42.0 Å². The van der Waals surface area contributed by atoms with Crippen LogP contribution >= 0.6 is 0 Å². The number of ether oxygens (including phenoxy) is 2. The van der Waals surface area contributed by atoms with E-state index in [1.165, 1.54) is 0 Å².